The maximum absolute atomic E-state index is 12.7. The largest absolute Gasteiger partial charge is 0.508 e. The van der Waals surface area contributed by atoms with Crippen molar-refractivity contribution in [3.63, 3.8) is 0 Å². The number of phenols is 1. The molecule has 0 amide bonds. The van der Waals surface area contributed by atoms with Crippen molar-refractivity contribution in [1.82, 2.24) is 19.1 Å². The van der Waals surface area contributed by atoms with E-state index in [1.165, 1.54) is 57.1 Å². The quantitative estimate of drug-likeness (QED) is 0.314. The van der Waals surface area contributed by atoms with Crippen molar-refractivity contribution in [3.05, 3.63) is 68.3 Å². The van der Waals surface area contributed by atoms with Crippen LogP contribution in [0.25, 0.3) is 17.2 Å². The zero-order valence-electron chi connectivity index (χ0n) is 17.8. The summed E-state index contributed by atoms with van der Waals surface area (Å²) in [7, 11) is 4.04. The van der Waals surface area contributed by atoms with Crippen LogP contribution in [0.4, 0.5) is 0 Å². The fourth-order valence-corrected chi connectivity index (χ4v) is 2.99. The van der Waals surface area contributed by atoms with E-state index >= 15 is 0 Å². The first kappa shape index (κ1) is 22.7. The molecule has 0 fully saturated rings. The summed E-state index contributed by atoms with van der Waals surface area (Å²) in [6.07, 6.45) is 0.161. The Morgan fingerprint density at radius 1 is 1.16 bits per heavy atom. The zero-order chi connectivity index (χ0) is 23.6. The minimum absolute atomic E-state index is 0.0247. The number of carbonyl (C=O) groups is 1. The lowest BCUT2D eigenvalue weighted by atomic mass is 10.1. The molecule has 2 heterocycles. The Kier molecular flexibility index (Phi) is 6.40. The first-order valence-corrected chi connectivity index (χ1v) is 9.50. The maximum Gasteiger partial charge on any atom is 0.374 e. The molecule has 2 aromatic heterocycles. The second-order valence-electron chi connectivity index (χ2n) is 7.04. The van der Waals surface area contributed by atoms with Gasteiger partial charge in [-0.1, -0.05) is 12.1 Å². The summed E-state index contributed by atoms with van der Waals surface area (Å²) < 4.78 is 12.6. The zero-order valence-corrected chi connectivity index (χ0v) is 17.8. The van der Waals surface area contributed by atoms with Crippen molar-refractivity contribution < 1.29 is 24.5 Å². The lowest BCUT2D eigenvalue weighted by molar-refractivity contribution is -0.154. The second-order valence-corrected chi connectivity index (χ2v) is 7.04. The van der Waals surface area contributed by atoms with Gasteiger partial charge in [0.05, 0.1) is 19.4 Å². The van der Waals surface area contributed by atoms with Gasteiger partial charge in [-0.05, 0) is 30.7 Å². The standard InChI is InChI=1S/C21H22N4O7/c1-11(26)17(32-20(29)15(31-4)9-12-5-7-13(27)8-6-12)14-10-22-18-16(23-14)19(28)25(3)21(30)24(18)2/h5-11,17,26-27H,1-4H3/t11-,17+/m1/s1. The minimum atomic E-state index is -1.26. The summed E-state index contributed by atoms with van der Waals surface area (Å²) in [4.78, 5) is 45.5. The summed E-state index contributed by atoms with van der Waals surface area (Å²) in [6, 6.07) is 6.04. The van der Waals surface area contributed by atoms with Crippen LogP contribution in [0, 0.1) is 0 Å². The van der Waals surface area contributed by atoms with Gasteiger partial charge in [0.2, 0.25) is 5.76 Å². The summed E-state index contributed by atoms with van der Waals surface area (Å²) in [6.45, 7) is 1.39. The number of phenolic OH excluding ortho intramolecular Hbond substituents is 1. The molecule has 0 radical (unpaired) electrons. The molecule has 3 rings (SSSR count). The number of hydrogen-bond acceptors (Lipinski definition) is 9. The number of ether oxygens (including phenoxy) is 2. The van der Waals surface area contributed by atoms with Gasteiger partial charge in [0, 0.05) is 14.1 Å². The molecule has 0 aliphatic heterocycles. The average molecular weight is 442 g/mol. The smallest absolute Gasteiger partial charge is 0.374 e. The Hall–Kier alpha value is -3.99. The van der Waals surface area contributed by atoms with Gasteiger partial charge in [0.15, 0.2) is 17.3 Å². The molecule has 2 N–H and O–H groups in total. The van der Waals surface area contributed by atoms with E-state index < -0.39 is 29.4 Å². The highest BCUT2D eigenvalue weighted by Crippen LogP contribution is 2.23. The minimum Gasteiger partial charge on any atom is -0.508 e. The predicted octanol–water partition coefficient (Wildman–Crippen LogP) is 0.385. The normalized spacial score (nSPS) is 13.6. The number of aryl methyl sites for hydroxylation is 1. The van der Waals surface area contributed by atoms with E-state index in [9.17, 15) is 24.6 Å². The van der Waals surface area contributed by atoms with Gasteiger partial charge in [-0.15, -0.1) is 0 Å². The molecular formula is C21H22N4O7. The van der Waals surface area contributed by atoms with E-state index in [2.05, 4.69) is 9.97 Å². The van der Waals surface area contributed by atoms with Crippen molar-refractivity contribution in [2.75, 3.05) is 7.11 Å². The third kappa shape index (κ3) is 4.37. The van der Waals surface area contributed by atoms with Crippen LogP contribution >= 0.6 is 0 Å². The summed E-state index contributed by atoms with van der Waals surface area (Å²) in [5.41, 5.74) is -0.690. The topological polar surface area (TPSA) is 146 Å². The summed E-state index contributed by atoms with van der Waals surface area (Å²) >= 11 is 0. The number of hydrogen-bond donors (Lipinski definition) is 2. The number of rotatable bonds is 6. The molecule has 11 heteroatoms. The number of methoxy groups -OCH3 is 1. The van der Waals surface area contributed by atoms with Gasteiger partial charge < -0.3 is 19.7 Å². The number of carbonyl (C=O) groups excluding carboxylic acids is 1. The van der Waals surface area contributed by atoms with Crippen molar-refractivity contribution >= 4 is 23.2 Å². The first-order chi connectivity index (χ1) is 15.1. The number of aliphatic hydroxyl groups is 1. The second kappa shape index (κ2) is 9.02. The van der Waals surface area contributed by atoms with Crippen LogP contribution in [-0.2, 0) is 28.4 Å². The van der Waals surface area contributed by atoms with Gasteiger partial charge in [0.1, 0.15) is 11.4 Å². The molecular weight excluding hydrogens is 420 g/mol. The monoisotopic (exact) mass is 442 g/mol. The number of benzene rings is 1. The highest BCUT2D eigenvalue weighted by atomic mass is 16.6. The Bertz CT molecular complexity index is 1310. The molecule has 0 spiro atoms. The molecule has 168 valence electrons. The van der Waals surface area contributed by atoms with E-state index in [-0.39, 0.29) is 28.4 Å². The number of esters is 1. The molecule has 0 saturated heterocycles. The number of aliphatic hydroxyl groups excluding tert-OH is 1. The number of aromatic nitrogens is 4. The van der Waals surface area contributed by atoms with Gasteiger partial charge in [-0.25, -0.2) is 19.6 Å². The fraction of sp³-hybridized carbons (Fsp3) is 0.286. The molecule has 0 bridgehead atoms. The van der Waals surface area contributed by atoms with Crippen LogP contribution in [0.5, 0.6) is 5.75 Å². The Balaban J connectivity index is 1.98. The van der Waals surface area contributed by atoms with Gasteiger partial charge in [-0.3, -0.25) is 13.9 Å². The third-order valence-corrected chi connectivity index (χ3v) is 4.75. The molecule has 2 atom stereocenters. The van der Waals surface area contributed by atoms with Crippen molar-refractivity contribution in [2.24, 2.45) is 14.1 Å². The van der Waals surface area contributed by atoms with Crippen LogP contribution in [-0.4, -0.2) is 48.5 Å². The third-order valence-electron chi connectivity index (χ3n) is 4.75. The molecule has 32 heavy (non-hydrogen) atoms. The molecule has 1 aromatic carbocycles. The molecule has 0 unspecified atom stereocenters. The SMILES string of the molecule is COC(=Cc1ccc(O)cc1)C(=O)O[C@H](c1cnc2c(n1)c(=O)n(C)c(=O)n2C)[C@@H](C)O. The van der Waals surface area contributed by atoms with Gasteiger partial charge in [-0.2, -0.15) is 0 Å². The summed E-state index contributed by atoms with van der Waals surface area (Å²) in [5, 5.41) is 19.6. The van der Waals surface area contributed by atoms with E-state index in [4.69, 9.17) is 9.47 Å². The van der Waals surface area contributed by atoms with Crippen molar-refractivity contribution in [3.8, 4) is 5.75 Å². The molecule has 11 nitrogen and oxygen atoms in total. The first-order valence-electron chi connectivity index (χ1n) is 9.50. The van der Waals surface area contributed by atoms with E-state index in [0.29, 0.717) is 5.56 Å². The van der Waals surface area contributed by atoms with Crippen LogP contribution in [0.3, 0.4) is 0 Å². The number of nitrogens with zero attached hydrogens (tertiary/aromatic N) is 4. The van der Waals surface area contributed by atoms with Crippen molar-refractivity contribution in [2.45, 2.75) is 19.1 Å². The Labute approximate surface area is 181 Å². The lowest BCUT2D eigenvalue weighted by Crippen LogP contribution is -2.38. The maximum atomic E-state index is 12.7. The predicted molar refractivity (Wildman–Crippen MR) is 114 cm³/mol. The average Bonchev–Trinajstić information content (AvgIpc) is 2.78. The van der Waals surface area contributed by atoms with Gasteiger partial charge in [0.25, 0.3) is 5.56 Å². The highest BCUT2D eigenvalue weighted by molar-refractivity contribution is 5.91. The van der Waals surface area contributed by atoms with Crippen LogP contribution in [0.1, 0.15) is 24.3 Å². The van der Waals surface area contributed by atoms with Crippen LogP contribution < -0.4 is 11.2 Å². The van der Waals surface area contributed by atoms with Gasteiger partial charge >= 0.3 is 11.7 Å². The van der Waals surface area contributed by atoms with E-state index in [1.54, 1.807) is 12.1 Å². The highest BCUT2D eigenvalue weighted by Gasteiger charge is 2.27. The Morgan fingerprint density at radius 3 is 2.41 bits per heavy atom. The van der Waals surface area contributed by atoms with E-state index in [1.807, 2.05) is 0 Å². The Morgan fingerprint density at radius 2 is 1.81 bits per heavy atom. The van der Waals surface area contributed by atoms with Crippen LogP contribution in [0.2, 0.25) is 0 Å². The fourth-order valence-electron chi connectivity index (χ4n) is 2.99. The number of fused-ring (bicyclic) bond motifs is 1. The molecule has 0 saturated carbocycles. The summed E-state index contributed by atoms with van der Waals surface area (Å²) in [5.74, 6) is -0.980. The molecule has 0 aliphatic carbocycles. The van der Waals surface area contributed by atoms with E-state index in [0.717, 1.165) is 4.57 Å². The lowest BCUT2D eigenvalue weighted by Gasteiger charge is -2.20. The van der Waals surface area contributed by atoms with Crippen LogP contribution in [0.15, 0.2) is 45.8 Å². The van der Waals surface area contributed by atoms with Crippen molar-refractivity contribution in [1.29, 1.82) is 0 Å². The molecule has 0 aliphatic rings. The number of aromatic hydroxyl groups is 1. The molecule has 3 aromatic rings.